The van der Waals surface area contributed by atoms with Gasteiger partial charge in [-0.2, -0.15) is 0 Å². The van der Waals surface area contributed by atoms with Crippen LogP contribution in [0.4, 0.5) is 0 Å². The van der Waals surface area contributed by atoms with Gasteiger partial charge in [0.15, 0.2) is 0 Å². The molecular weight excluding hydrogens is 408 g/mol. The zero-order valence-electron chi connectivity index (χ0n) is 22.5. The summed E-state index contributed by atoms with van der Waals surface area (Å²) >= 11 is 0. The number of rotatable bonds is 4. The van der Waals surface area contributed by atoms with Crippen molar-refractivity contribution in [1.29, 1.82) is 0 Å². The Morgan fingerprint density at radius 2 is 1.73 bits per heavy atom. The molecule has 0 radical (unpaired) electrons. The highest BCUT2D eigenvalue weighted by Gasteiger charge is 2.65. The normalized spacial score (nSPS) is 49.4. The van der Waals surface area contributed by atoms with E-state index in [1.54, 1.807) is 5.57 Å². The molecule has 0 aromatic rings. The molecule has 5 aliphatic rings. The molecule has 0 bridgehead atoms. The lowest BCUT2D eigenvalue weighted by atomic mass is 9.41. The Labute approximate surface area is 202 Å². The molecule has 1 heterocycles. The Morgan fingerprint density at radius 3 is 2.36 bits per heavy atom. The van der Waals surface area contributed by atoms with E-state index in [0.29, 0.717) is 29.5 Å². The van der Waals surface area contributed by atoms with Gasteiger partial charge in [0.25, 0.3) is 0 Å². The summed E-state index contributed by atoms with van der Waals surface area (Å²) in [5.74, 6) is 2.73. The number of fused-ring (bicyclic) bond motifs is 5. The van der Waals surface area contributed by atoms with Crippen LogP contribution in [0.5, 0.6) is 0 Å². The lowest BCUT2D eigenvalue weighted by Crippen LogP contribution is -2.57. The second-order valence-corrected chi connectivity index (χ2v) is 14.5. The highest BCUT2D eigenvalue weighted by Crippen LogP contribution is 2.73. The number of aliphatic hydroxyl groups is 1. The van der Waals surface area contributed by atoms with Crippen molar-refractivity contribution in [3.05, 3.63) is 11.6 Å². The monoisotopic (exact) mass is 456 g/mol. The molecule has 1 saturated heterocycles. The molecule has 3 heteroatoms. The summed E-state index contributed by atoms with van der Waals surface area (Å²) in [6.45, 7) is 18.7. The summed E-state index contributed by atoms with van der Waals surface area (Å²) in [4.78, 5) is 12.8. The first-order valence-electron chi connectivity index (χ1n) is 13.8. The minimum atomic E-state index is -0.350. The molecule has 8 unspecified atom stereocenters. The van der Waals surface area contributed by atoms with Gasteiger partial charge in [0, 0.05) is 11.8 Å². The maximum absolute atomic E-state index is 12.8. The van der Waals surface area contributed by atoms with Gasteiger partial charge in [-0.3, -0.25) is 4.79 Å². The molecule has 186 valence electrons. The lowest BCUT2D eigenvalue weighted by Gasteiger charge is -2.63. The average molecular weight is 457 g/mol. The fourth-order valence-electron chi connectivity index (χ4n) is 9.97. The Bertz CT molecular complexity index is 870. The standard InChI is InChI=1S/C30H48O3/c1-18(17-22(31)25-27(4,5)33-25)19-11-15-30(8)21-9-10-23-26(2,3)24(32)13-14-28(23,6)20(21)12-16-29(19,30)7/h9,18-20,22-23,25,31H,10-17H2,1-8H3/t18?,19?,20?,22?,23?,25?,28?,29-,30?/m0/s1. The van der Waals surface area contributed by atoms with Gasteiger partial charge in [-0.1, -0.05) is 53.2 Å². The molecular formula is C30H48O3. The number of allylic oxidation sites excluding steroid dienone is 2. The van der Waals surface area contributed by atoms with Crippen molar-refractivity contribution < 1.29 is 14.6 Å². The molecule has 1 aliphatic heterocycles. The van der Waals surface area contributed by atoms with Gasteiger partial charge in [0.05, 0.1) is 11.7 Å². The van der Waals surface area contributed by atoms with Crippen molar-refractivity contribution in [2.75, 3.05) is 0 Å². The summed E-state index contributed by atoms with van der Waals surface area (Å²) in [6.07, 6.45) is 11.1. The summed E-state index contributed by atoms with van der Waals surface area (Å²) < 4.78 is 5.75. The fraction of sp³-hybridized carbons (Fsp3) is 0.900. The van der Waals surface area contributed by atoms with E-state index in [9.17, 15) is 9.90 Å². The number of ketones is 1. The van der Waals surface area contributed by atoms with Gasteiger partial charge in [-0.15, -0.1) is 0 Å². The van der Waals surface area contributed by atoms with E-state index < -0.39 is 0 Å². The molecule has 3 saturated carbocycles. The lowest BCUT2D eigenvalue weighted by molar-refractivity contribution is -0.146. The number of carbonyl (C=O) groups excluding carboxylic acids is 1. The van der Waals surface area contributed by atoms with Crippen LogP contribution in [-0.4, -0.2) is 28.7 Å². The Kier molecular flexibility index (Phi) is 5.24. The number of ether oxygens (including phenoxy) is 1. The third kappa shape index (κ3) is 3.16. The molecule has 0 amide bonds. The summed E-state index contributed by atoms with van der Waals surface area (Å²) in [5.41, 5.74) is 2.17. The SMILES string of the molecule is CC(CC(O)C1OC1(C)C)C1CCC2(C)C3=CCC4C(C)(C)C(=O)CCC4(C)C3CC[C@@]12C. The Hall–Kier alpha value is -0.670. The van der Waals surface area contributed by atoms with E-state index in [1.807, 2.05) is 0 Å². The number of epoxide rings is 1. The number of hydrogen-bond donors (Lipinski definition) is 1. The number of Topliss-reactive ketones (excluding diaryl/α,β-unsaturated/α-hetero) is 1. The first-order valence-corrected chi connectivity index (χ1v) is 13.8. The molecule has 4 aliphatic carbocycles. The Morgan fingerprint density at radius 1 is 1.06 bits per heavy atom. The van der Waals surface area contributed by atoms with E-state index in [4.69, 9.17) is 4.74 Å². The molecule has 1 N–H and O–H groups in total. The molecule has 9 atom stereocenters. The second kappa shape index (κ2) is 7.19. The molecule has 0 aromatic carbocycles. The van der Waals surface area contributed by atoms with Gasteiger partial charge in [0.2, 0.25) is 0 Å². The molecule has 4 fully saturated rings. The topological polar surface area (TPSA) is 49.8 Å². The highest BCUT2D eigenvalue weighted by molar-refractivity contribution is 5.85. The van der Waals surface area contributed by atoms with Crippen molar-refractivity contribution in [1.82, 2.24) is 0 Å². The van der Waals surface area contributed by atoms with Crippen LogP contribution in [0.25, 0.3) is 0 Å². The minimum Gasteiger partial charge on any atom is -0.390 e. The van der Waals surface area contributed by atoms with Crippen molar-refractivity contribution in [3.8, 4) is 0 Å². The van der Waals surface area contributed by atoms with Gasteiger partial charge in [-0.05, 0) is 98.7 Å². The zero-order chi connectivity index (χ0) is 24.2. The van der Waals surface area contributed by atoms with E-state index in [1.165, 1.54) is 25.7 Å². The van der Waals surface area contributed by atoms with E-state index >= 15 is 0 Å². The van der Waals surface area contributed by atoms with Crippen LogP contribution in [0.3, 0.4) is 0 Å². The number of hydrogen-bond acceptors (Lipinski definition) is 3. The van der Waals surface area contributed by atoms with E-state index in [0.717, 1.165) is 25.7 Å². The first kappa shape index (κ1) is 24.0. The molecule has 5 rings (SSSR count). The van der Waals surface area contributed by atoms with Crippen LogP contribution in [-0.2, 0) is 9.53 Å². The first-order chi connectivity index (χ1) is 15.2. The maximum Gasteiger partial charge on any atom is 0.138 e. The average Bonchev–Trinajstić information content (AvgIpc) is 3.26. The maximum atomic E-state index is 12.8. The van der Waals surface area contributed by atoms with Crippen molar-refractivity contribution in [2.45, 2.75) is 125 Å². The van der Waals surface area contributed by atoms with Crippen LogP contribution < -0.4 is 0 Å². The van der Waals surface area contributed by atoms with Crippen LogP contribution in [0.1, 0.15) is 107 Å². The summed E-state index contributed by atoms with van der Waals surface area (Å²) in [7, 11) is 0. The summed E-state index contributed by atoms with van der Waals surface area (Å²) in [5, 5.41) is 10.9. The molecule has 33 heavy (non-hydrogen) atoms. The van der Waals surface area contributed by atoms with Crippen molar-refractivity contribution >= 4 is 5.78 Å². The number of carbonyl (C=O) groups is 1. The van der Waals surface area contributed by atoms with Crippen LogP contribution in [0.15, 0.2) is 11.6 Å². The van der Waals surface area contributed by atoms with Gasteiger partial charge in [-0.25, -0.2) is 0 Å². The summed E-state index contributed by atoms with van der Waals surface area (Å²) in [6, 6.07) is 0. The van der Waals surface area contributed by atoms with Gasteiger partial charge in [0.1, 0.15) is 11.9 Å². The molecule has 0 aromatic heterocycles. The van der Waals surface area contributed by atoms with E-state index in [2.05, 4.69) is 61.5 Å². The second-order valence-electron chi connectivity index (χ2n) is 14.5. The highest BCUT2D eigenvalue weighted by atomic mass is 16.6. The van der Waals surface area contributed by atoms with Crippen molar-refractivity contribution in [2.24, 2.45) is 45.3 Å². The van der Waals surface area contributed by atoms with Crippen molar-refractivity contribution in [3.63, 3.8) is 0 Å². The number of aliphatic hydroxyl groups excluding tert-OH is 1. The third-order valence-electron chi connectivity index (χ3n) is 12.4. The molecule has 3 nitrogen and oxygen atoms in total. The van der Waals surface area contributed by atoms with E-state index in [-0.39, 0.29) is 39.5 Å². The Balaban J connectivity index is 1.41. The van der Waals surface area contributed by atoms with Gasteiger partial charge < -0.3 is 9.84 Å². The van der Waals surface area contributed by atoms with Crippen LogP contribution in [0.2, 0.25) is 0 Å². The fourth-order valence-corrected chi connectivity index (χ4v) is 9.97. The van der Waals surface area contributed by atoms with Gasteiger partial charge >= 0.3 is 0 Å². The van der Waals surface area contributed by atoms with Crippen LogP contribution in [0, 0.1) is 45.3 Å². The smallest absolute Gasteiger partial charge is 0.138 e. The molecule has 0 spiro atoms. The minimum absolute atomic E-state index is 0.00609. The quantitative estimate of drug-likeness (QED) is 0.377. The largest absolute Gasteiger partial charge is 0.390 e. The zero-order valence-corrected chi connectivity index (χ0v) is 22.5. The predicted octanol–water partition coefficient (Wildman–Crippen LogP) is 6.73. The van der Waals surface area contributed by atoms with Crippen LogP contribution >= 0.6 is 0 Å². The predicted molar refractivity (Wildman–Crippen MR) is 133 cm³/mol. The third-order valence-corrected chi connectivity index (χ3v) is 12.4.